The maximum atomic E-state index is 5.59. The summed E-state index contributed by atoms with van der Waals surface area (Å²) in [4.78, 5) is 4.28. The van der Waals surface area contributed by atoms with Gasteiger partial charge in [-0.1, -0.05) is 13.0 Å². The molecule has 0 atom stereocenters. The van der Waals surface area contributed by atoms with Crippen molar-refractivity contribution in [3.8, 4) is 0 Å². The lowest BCUT2D eigenvalue weighted by molar-refractivity contribution is 0.998. The lowest BCUT2D eigenvalue weighted by atomic mass is 10.3. The Morgan fingerprint density at radius 2 is 2.00 bits per heavy atom. The molecule has 0 saturated carbocycles. The van der Waals surface area contributed by atoms with Gasteiger partial charge >= 0.3 is 0 Å². The summed E-state index contributed by atoms with van der Waals surface area (Å²) in [5.74, 6) is 0.508. The van der Waals surface area contributed by atoms with E-state index in [1.165, 1.54) is 0 Å². The van der Waals surface area contributed by atoms with Crippen LogP contribution in [-0.4, -0.2) is 4.98 Å². The third kappa shape index (κ3) is 3.08. The zero-order chi connectivity index (χ0) is 7.40. The van der Waals surface area contributed by atoms with Crippen LogP contribution in [0.4, 0.5) is 0 Å². The molecule has 1 rings (SSSR count). The van der Waals surface area contributed by atoms with Crippen LogP contribution < -0.4 is 0 Å². The number of alkyl halides is 1. The fourth-order valence-electron chi connectivity index (χ4n) is 0.801. The van der Waals surface area contributed by atoms with Crippen LogP contribution in [0.15, 0.2) is 18.2 Å². The zero-order valence-corrected chi connectivity index (χ0v) is 7.95. The molecule has 0 amide bonds. The van der Waals surface area contributed by atoms with Crippen LogP contribution >= 0.6 is 24.0 Å². The average Bonchev–Trinajstić information content (AvgIpc) is 2.05. The molecule has 0 aromatic carbocycles. The predicted octanol–water partition coefficient (Wildman–Crippen LogP) is 2.80. The highest BCUT2D eigenvalue weighted by molar-refractivity contribution is 6.16. The fraction of sp³-hybridized carbons (Fsp3) is 0.375. The fourth-order valence-corrected chi connectivity index (χ4v) is 0.949. The van der Waals surface area contributed by atoms with Gasteiger partial charge in [0.15, 0.2) is 0 Å². The summed E-state index contributed by atoms with van der Waals surface area (Å²) in [6, 6.07) is 5.94. The highest BCUT2D eigenvalue weighted by atomic mass is 35.5. The van der Waals surface area contributed by atoms with Gasteiger partial charge in [0.1, 0.15) is 0 Å². The van der Waals surface area contributed by atoms with Gasteiger partial charge in [-0.3, -0.25) is 4.98 Å². The average molecular weight is 192 g/mol. The summed E-state index contributed by atoms with van der Waals surface area (Å²) in [7, 11) is 0. The van der Waals surface area contributed by atoms with Gasteiger partial charge in [0.25, 0.3) is 0 Å². The van der Waals surface area contributed by atoms with Gasteiger partial charge in [0.05, 0.1) is 11.6 Å². The molecule has 0 fully saturated rings. The minimum absolute atomic E-state index is 0. The maximum absolute atomic E-state index is 5.59. The molecule has 0 spiro atoms. The van der Waals surface area contributed by atoms with Crippen molar-refractivity contribution in [1.82, 2.24) is 4.98 Å². The quantitative estimate of drug-likeness (QED) is 0.656. The summed E-state index contributed by atoms with van der Waals surface area (Å²) >= 11 is 5.59. The first-order valence-corrected chi connectivity index (χ1v) is 3.91. The molecule has 0 aliphatic rings. The Labute approximate surface area is 78.2 Å². The van der Waals surface area contributed by atoms with Crippen molar-refractivity contribution in [2.75, 3.05) is 0 Å². The molecule has 0 N–H and O–H groups in total. The van der Waals surface area contributed by atoms with Crippen LogP contribution in [0.1, 0.15) is 18.3 Å². The smallest absolute Gasteiger partial charge is 0.0647 e. The summed E-state index contributed by atoms with van der Waals surface area (Å²) in [6.07, 6.45) is 0.977. The summed E-state index contributed by atoms with van der Waals surface area (Å²) in [5.41, 5.74) is 2.07. The van der Waals surface area contributed by atoms with Gasteiger partial charge < -0.3 is 0 Å². The van der Waals surface area contributed by atoms with E-state index in [4.69, 9.17) is 11.6 Å². The van der Waals surface area contributed by atoms with Crippen molar-refractivity contribution in [3.05, 3.63) is 29.6 Å². The van der Waals surface area contributed by atoms with Gasteiger partial charge in [-0.05, 0) is 18.6 Å². The second-order valence-electron chi connectivity index (χ2n) is 2.11. The number of hydrogen-bond donors (Lipinski definition) is 0. The Kier molecular flexibility index (Phi) is 5.26. The summed E-state index contributed by atoms with van der Waals surface area (Å²) in [5, 5.41) is 0. The van der Waals surface area contributed by atoms with Gasteiger partial charge in [0, 0.05) is 5.69 Å². The SMILES string of the molecule is CCc1cccc(CCl)n1.Cl. The van der Waals surface area contributed by atoms with Crippen LogP contribution in [0.5, 0.6) is 0 Å². The number of aryl methyl sites for hydroxylation is 1. The van der Waals surface area contributed by atoms with E-state index in [-0.39, 0.29) is 12.4 Å². The lowest BCUT2D eigenvalue weighted by Crippen LogP contribution is -1.90. The van der Waals surface area contributed by atoms with Crippen molar-refractivity contribution in [2.45, 2.75) is 19.2 Å². The molecule has 1 nitrogen and oxygen atoms in total. The number of hydrogen-bond acceptors (Lipinski definition) is 1. The first-order valence-electron chi connectivity index (χ1n) is 3.37. The van der Waals surface area contributed by atoms with E-state index in [1.807, 2.05) is 18.2 Å². The molecule has 3 heteroatoms. The van der Waals surface area contributed by atoms with Gasteiger partial charge in [-0.25, -0.2) is 0 Å². The Hall–Kier alpha value is -0.270. The highest BCUT2D eigenvalue weighted by Gasteiger charge is 1.92. The standard InChI is InChI=1S/C8H10ClN.ClH/c1-2-7-4-3-5-8(6-9)10-7;/h3-5H,2,6H2,1H3;1H. The minimum atomic E-state index is 0. The van der Waals surface area contributed by atoms with E-state index < -0.39 is 0 Å². The molecule has 1 heterocycles. The Morgan fingerprint density at radius 3 is 2.55 bits per heavy atom. The largest absolute Gasteiger partial charge is 0.257 e. The van der Waals surface area contributed by atoms with Crippen LogP contribution in [0, 0.1) is 0 Å². The molecule has 0 aliphatic heterocycles. The first kappa shape index (κ1) is 10.7. The lowest BCUT2D eigenvalue weighted by Gasteiger charge is -1.96. The molecule has 0 unspecified atom stereocenters. The second-order valence-corrected chi connectivity index (χ2v) is 2.37. The second kappa shape index (κ2) is 5.39. The molecule has 0 bridgehead atoms. The molecular formula is C8H11Cl2N. The van der Waals surface area contributed by atoms with Crippen molar-refractivity contribution in [1.29, 1.82) is 0 Å². The number of aromatic nitrogens is 1. The van der Waals surface area contributed by atoms with E-state index >= 15 is 0 Å². The van der Waals surface area contributed by atoms with Crippen molar-refractivity contribution >= 4 is 24.0 Å². The summed E-state index contributed by atoms with van der Waals surface area (Å²) in [6.45, 7) is 2.08. The van der Waals surface area contributed by atoms with Gasteiger partial charge in [-0.15, -0.1) is 24.0 Å². The third-order valence-electron chi connectivity index (χ3n) is 1.36. The molecule has 0 aliphatic carbocycles. The van der Waals surface area contributed by atoms with E-state index in [0.29, 0.717) is 5.88 Å². The number of nitrogens with zero attached hydrogens (tertiary/aromatic N) is 1. The number of halogens is 2. The predicted molar refractivity (Wildman–Crippen MR) is 50.4 cm³/mol. The molecule has 0 radical (unpaired) electrons. The van der Waals surface area contributed by atoms with Crippen molar-refractivity contribution < 1.29 is 0 Å². The van der Waals surface area contributed by atoms with Crippen LogP contribution in [0.25, 0.3) is 0 Å². The van der Waals surface area contributed by atoms with Crippen molar-refractivity contribution in [3.63, 3.8) is 0 Å². The molecule has 62 valence electrons. The highest BCUT2D eigenvalue weighted by Crippen LogP contribution is 2.02. The summed E-state index contributed by atoms with van der Waals surface area (Å²) < 4.78 is 0. The molecular weight excluding hydrogens is 181 g/mol. The minimum Gasteiger partial charge on any atom is -0.257 e. The maximum Gasteiger partial charge on any atom is 0.0647 e. The zero-order valence-electron chi connectivity index (χ0n) is 6.38. The van der Waals surface area contributed by atoms with E-state index in [2.05, 4.69) is 11.9 Å². The van der Waals surface area contributed by atoms with Crippen molar-refractivity contribution in [2.24, 2.45) is 0 Å². The van der Waals surface area contributed by atoms with Crippen LogP contribution in [0.2, 0.25) is 0 Å². The molecule has 0 saturated heterocycles. The molecule has 11 heavy (non-hydrogen) atoms. The normalized spacial score (nSPS) is 8.91. The molecule has 1 aromatic heterocycles. The van der Waals surface area contributed by atoms with E-state index in [1.54, 1.807) is 0 Å². The van der Waals surface area contributed by atoms with Crippen LogP contribution in [-0.2, 0) is 12.3 Å². The third-order valence-corrected chi connectivity index (χ3v) is 1.64. The number of pyridine rings is 1. The topological polar surface area (TPSA) is 12.9 Å². The van der Waals surface area contributed by atoms with E-state index in [9.17, 15) is 0 Å². The van der Waals surface area contributed by atoms with Crippen LogP contribution in [0.3, 0.4) is 0 Å². The monoisotopic (exact) mass is 191 g/mol. The number of rotatable bonds is 2. The Balaban J connectivity index is 0.000001000. The molecule has 1 aromatic rings. The Morgan fingerprint density at radius 1 is 1.36 bits per heavy atom. The Bertz CT molecular complexity index is 194. The first-order chi connectivity index (χ1) is 4.86. The van der Waals surface area contributed by atoms with Gasteiger partial charge in [0.2, 0.25) is 0 Å². The van der Waals surface area contributed by atoms with Gasteiger partial charge in [-0.2, -0.15) is 0 Å². The van der Waals surface area contributed by atoms with E-state index in [0.717, 1.165) is 17.8 Å².